The fraction of sp³-hybridized carbons (Fsp3) is 0.100. The molecule has 0 saturated heterocycles. The zero-order valence-corrected chi connectivity index (χ0v) is 7.10. The Balaban J connectivity index is 2.61. The third-order valence-corrected chi connectivity index (χ3v) is 2.01. The highest BCUT2D eigenvalue weighted by molar-refractivity contribution is 5.84. The zero-order valence-electron chi connectivity index (χ0n) is 7.10. The van der Waals surface area contributed by atoms with E-state index in [0.717, 1.165) is 16.3 Å². The summed E-state index contributed by atoms with van der Waals surface area (Å²) in [5, 5.41) is 2.25. The molecule has 0 aliphatic heterocycles. The van der Waals surface area contributed by atoms with Gasteiger partial charge in [-0.1, -0.05) is 18.2 Å². The molecule has 3 heteroatoms. The van der Waals surface area contributed by atoms with Crippen LogP contribution in [0.2, 0.25) is 0 Å². The first-order valence-corrected chi connectivity index (χ1v) is 4.05. The molecule has 0 atom stereocenters. The van der Waals surface area contributed by atoms with Crippen molar-refractivity contribution < 1.29 is 4.84 Å². The van der Waals surface area contributed by atoms with Crippen LogP contribution in [0.4, 0.5) is 0 Å². The Labute approximate surface area is 76.1 Å². The van der Waals surface area contributed by atoms with Gasteiger partial charge >= 0.3 is 0 Å². The molecule has 0 bridgehead atoms. The molecule has 0 spiro atoms. The van der Waals surface area contributed by atoms with Crippen LogP contribution in [-0.4, -0.2) is 4.98 Å². The molecule has 0 unspecified atom stereocenters. The average molecular weight is 174 g/mol. The van der Waals surface area contributed by atoms with Crippen LogP contribution in [0.3, 0.4) is 0 Å². The molecule has 0 aliphatic rings. The second-order valence-corrected chi connectivity index (χ2v) is 2.82. The van der Waals surface area contributed by atoms with Crippen molar-refractivity contribution in [3.8, 4) is 0 Å². The molecule has 1 aromatic carbocycles. The van der Waals surface area contributed by atoms with Crippen molar-refractivity contribution in [2.24, 2.45) is 5.90 Å². The second-order valence-electron chi connectivity index (χ2n) is 2.82. The van der Waals surface area contributed by atoms with E-state index < -0.39 is 0 Å². The predicted molar refractivity (Wildman–Crippen MR) is 50.7 cm³/mol. The van der Waals surface area contributed by atoms with Gasteiger partial charge in [-0.15, -0.1) is 0 Å². The van der Waals surface area contributed by atoms with Gasteiger partial charge in [-0.05, 0) is 17.0 Å². The van der Waals surface area contributed by atoms with Gasteiger partial charge in [0.2, 0.25) is 0 Å². The monoisotopic (exact) mass is 174 g/mol. The van der Waals surface area contributed by atoms with E-state index in [1.807, 2.05) is 30.5 Å². The summed E-state index contributed by atoms with van der Waals surface area (Å²) in [7, 11) is 0. The number of aromatic nitrogens is 1. The molecular weight excluding hydrogens is 164 g/mol. The predicted octanol–water partition coefficient (Wildman–Crippen LogP) is 1.63. The zero-order chi connectivity index (χ0) is 9.10. The maximum Gasteiger partial charge on any atom is 0.0936 e. The van der Waals surface area contributed by atoms with E-state index in [2.05, 4.69) is 9.82 Å². The van der Waals surface area contributed by atoms with Crippen molar-refractivity contribution in [1.82, 2.24) is 4.98 Å². The Bertz CT molecular complexity index is 409. The van der Waals surface area contributed by atoms with Gasteiger partial charge in [0.15, 0.2) is 0 Å². The van der Waals surface area contributed by atoms with Crippen molar-refractivity contribution >= 4 is 10.8 Å². The van der Waals surface area contributed by atoms with Gasteiger partial charge < -0.3 is 0 Å². The first-order chi connectivity index (χ1) is 6.42. The van der Waals surface area contributed by atoms with Crippen LogP contribution in [0.15, 0.2) is 36.7 Å². The molecule has 0 saturated carbocycles. The first kappa shape index (κ1) is 8.16. The smallest absolute Gasteiger partial charge is 0.0936 e. The summed E-state index contributed by atoms with van der Waals surface area (Å²) < 4.78 is 0. The van der Waals surface area contributed by atoms with Gasteiger partial charge in [0.25, 0.3) is 0 Å². The summed E-state index contributed by atoms with van der Waals surface area (Å²) in [6, 6.07) is 7.94. The molecule has 0 radical (unpaired) electrons. The Kier molecular flexibility index (Phi) is 2.21. The largest absolute Gasteiger partial charge is 0.300 e. The molecule has 2 aromatic rings. The third-order valence-electron chi connectivity index (χ3n) is 2.01. The summed E-state index contributed by atoms with van der Waals surface area (Å²) in [5.74, 6) is 5.04. The van der Waals surface area contributed by atoms with Crippen molar-refractivity contribution in [1.29, 1.82) is 0 Å². The summed E-state index contributed by atoms with van der Waals surface area (Å²) >= 11 is 0. The number of benzene rings is 1. The van der Waals surface area contributed by atoms with Gasteiger partial charge in [0, 0.05) is 17.8 Å². The maximum absolute atomic E-state index is 5.04. The molecule has 0 aliphatic carbocycles. The minimum atomic E-state index is 0.432. The van der Waals surface area contributed by atoms with Crippen molar-refractivity contribution in [3.63, 3.8) is 0 Å². The molecular formula is C10H10N2O. The Hall–Kier alpha value is -1.45. The van der Waals surface area contributed by atoms with E-state index in [1.54, 1.807) is 6.20 Å². The van der Waals surface area contributed by atoms with Crippen LogP contribution < -0.4 is 5.90 Å². The third kappa shape index (κ3) is 1.52. The normalized spacial score (nSPS) is 10.5. The van der Waals surface area contributed by atoms with Gasteiger partial charge in [0.1, 0.15) is 0 Å². The number of nitrogens with two attached hydrogens (primary N) is 1. The molecule has 0 amide bonds. The number of nitrogens with zero attached hydrogens (tertiary/aromatic N) is 1. The molecule has 2 N–H and O–H groups in total. The lowest BCUT2D eigenvalue weighted by molar-refractivity contribution is 0.125. The molecule has 3 nitrogen and oxygen atoms in total. The van der Waals surface area contributed by atoms with E-state index in [1.165, 1.54) is 0 Å². The van der Waals surface area contributed by atoms with Crippen LogP contribution in [0, 0.1) is 0 Å². The lowest BCUT2D eigenvalue weighted by Gasteiger charge is -2.03. The first-order valence-electron chi connectivity index (χ1n) is 4.05. The molecule has 2 rings (SSSR count). The van der Waals surface area contributed by atoms with Crippen LogP contribution in [0.5, 0.6) is 0 Å². The highest BCUT2D eigenvalue weighted by Crippen LogP contribution is 2.17. The topological polar surface area (TPSA) is 48.1 Å². The number of hydrogen-bond donors (Lipinski definition) is 1. The molecule has 66 valence electrons. The summed E-state index contributed by atoms with van der Waals surface area (Å²) in [6.45, 7) is 0.432. The van der Waals surface area contributed by atoms with Gasteiger partial charge in [0.05, 0.1) is 6.61 Å². The average Bonchev–Trinajstić information content (AvgIpc) is 2.19. The summed E-state index contributed by atoms with van der Waals surface area (Å²) in [5.41, 5.74) is 1.09. The van der Waals surface area contributed by atoms with Crippen LogP contribution >= 0.6 is 0 Å². The standard InChI is InChI=1S/C10H10N2O/c11-13-7-9-3-1-2-8-6-12-5-4-10(8)9/h1-6H,7,11H2. The van der Waals surface area contributed by atoms with Crippen LogP contribution in [0.1, 0.15) is 5.56 Å². The fourth-order valence-electron chi connectivity index (χ4n) is 1.41. The molecule has 1 heterocycles. The number of rotatable bonds is 2. The van der Waals surface area contributed by atoms with Gasteiger partial charge in [-0.25, -0.2) is 5.90 Å². The van der Waals surface area contributed by atoms with Crippen LogP contribution in [0.25, 0.3) is 10.8 Å². The van der Waals surface area contributed by atoms with Crippen LogP contribution in [-0.2, 0) is 11.4 Å². The van der Waals surface area contributed by atoms with E-state index in [0.29, 0.717) is 6.61 Å². The Morgan fingerprint density at radius 1 is 1.31 bits per heavy atom. The van der Waals surface area contributed by atoms with E-state index in [-0.39, 0.29) is 0 Å². The molecule has 13 heavy (non-hydrogen) atoms. The number of fused-ring (bicyclic) bond motifs is 1. The number of hydrogen-bond acceptors (Lipinski definition) is 3. The quantitative estimate of drug-likeness (QED) is 0.704. The fourth-order valence-corrected chi connectivity index (χ4v) is 1.41. The maximum atomic E-state index is 5.04. The summed E-state index contributed by atoms with van der Waals surface area (Å²) in [6.07, 6.45) is 3.59. The summed E-state index contributed by atoms with van der Waals surface area (Å²) in [4.78, 5) is 8.66. The molecule has 1 aromatic heterocycles. The van der Waals surface area contributed by atoms with Gasteiger partial charge in [-0.3, -0.25) is 9.82 Å². The van der Waals surface area contributed by atoms with Crippen molar-refractivity contribution in [2.75, 3.05) is 0 Å². The molecule has 0 fully saturated rings. The van der Waals surface area contributed by atoms with Crippen molar-refractivity contribution in [2.45, 2.75) is 6.61 Å². The lowest BCUT2D eigenvalue weighted by atomic mass is 10.1. The second kappa shape index (κ2) is 3.51. The lowest BCUT2D eigenvalue weighted by Crippen LogP contribution is -1.99. The Morgan fingerprint density at radius 2 is 2.23 bits per heavy atom. The highest BCUT2D eigenvalue weighted by Gasteiger charge is 1.98. The minimum Gasteiger partial charge on any atom is -0.300 e. The van der Waals surface area contributed by atoms with Crippen molar-refractivity contribution in [3.05, 3.63) is 42.2 Å². The van der Waals surface area contributed by atoms with E-state index in [4.69, 9.17) is 5.90 Å². The SMILES string of the molecule is NOCc1cccc2cnccc12. The highest BCUT2D eigenvalue weighted by atomic mass is 16.6. The number of pyridine rings is 1. The Morgan fingerprint density at radius 3 is 3.08 bits per heavy atom. The van der Waals surface area contributed by atoms with E-state index >= 15 is 0 Å². The van der Waals surface area contributed by atoms with Gasteiger partial charge in [-0.2, -0.15) is 0 Å². The minimum absolute atomic E-state index is 0.432. The van der Waals surface area contributed by atoms with E-state index in [9.17, 15) is 0 Å².